The Bertz CT molecular complexity index is 1180. The number of halogens is 3. The maximum Gasteiger partial charge on any atom is 0.416 e. The van der Waals surface area contributed by atoms with Crippen LogP contribution in [0.5, 0.6) is 5.75 Å². The summed E-state index contributed by atoms with van der Waals surface area (Å²) in [6.07, 6.45) is 1.99. The first-order valence-corrected chi connectivity index (χ1v) is 11.8. The van der Waals surface area contributed by atoms with Gasteiger partial charge in [-0.15, -0.1) is 5.10 Å². The summed E-state index contributed by atoms with van der Waals surface area (Å²) in [6, 6.07) is 10.9. The number of benzene rings is 2. The van der Waals surface area contributed by atoms with Gasteiger partial charge in [0.1, 0.15) is 11.9 Å². The van der Waals surface area contributed by atoms with Crippen molar-refractivity contribution in [2.75, 3.05) is 12.4 Å². The summed E-state index contributed by atoms with van der Waals surface area (Å²) in [6.45, 7) is 3.34. The monoisotopic (exact) mass is 470 g/mol. The lowest BCUT2D eigenvalue weighted by Crippen LogP contribution is -2.43. The summed E-state index contributed by atoms with van der Waals surface area (Å²) in [5, 5.41) is 13.3. The second-order valence-electron chi connectivity index (χ2n) is 9.59. The normalized spacial score (nSPS) is 23.8. The van der Waals surface area contributed by atoms with E-state index in [1.54, 1.807) is 12.3 Å². The van der Waals surface area contributed by atoms with Gasteiger partial charge in [0, 0.05) is 22.9 Å². The molecule has 2 aliphatic rings. The predicted molar refractivity (Wildman–Crippen MR) is 126 cm³/mol. The number of alkyl halides is 3. The number of hydrogen-bond donors (Lipinski definition) is 1. The lowest BCUT2D eigenvalue weighted by atomic mass is 9.97. The van der Waals surface area contributed by atoms with Crippen LogP contribution in [-0.2, 0) is 6.18 Å². The van der Waals surface area contributed by atoms with Gasteiger partial charge >= 0.3 is 6.18 Å². The Morgan fingerprint density at radius 2 is 1.85 bits per heavy atom. The molecule has 180 valence electrons. The van der Waals surface area contributed by atoms with E-state index in [2.05, 4.69) is 27.5 Å². The molecule has 2 aliphatic heterocycles. The van der Waals surface area contributed by atoms with E-state index in [-0.39, 0.29) is 11.7 Å². The second kappa shape index (κ2) is 8.73. The van der Waals surface area contributed by atoms with Gasteiger partial charge in [-0.25, -0.2) is 0 Å². The molecule has 3 atom stereocenters. The molecule has 5 rings (SSSR count). The molecule has 0 radical (unpaired) electrons. The van der Waals surface area contributed by atoms with Crippen molar-refractivity contribution >= 4 is 16.6 Å². The van der Waals surface area contributed by atoms with Crippen LogP contribution in [-0.4, -0.2) is 40.3 Å². The van der Waals surface area contributed by atoms with E-state index >= 15 is 0 Å². The summed E-state index contributed by atoms with van der Waals surface area (Å²) >= 11 is 0. The standard InChI is InChI=1S/C26H29F3N4O/c1-15-22(5-4-6-24(15)26(27,28)29)16(2)31-25-23-13-20(10-7-17(23)14-30-32-25)34-21-11-18-8-9-19(12-21)33(18)3/h4-7,10,13-14,16,18-19,21H,8-9,11-12H2,1-3H3,(H,31,32). The molecule has 2 fully saturated rings. The highest BCUT2D eigenvalue weighted by molar-refractivity contribution is 5.92. The average molecular weight is 471 g/mol. The summed E-state index contributed by atoms with van der Waals surface area (Å²) in [7, 11) is 2.21. The highest BCUT2D eigenvalue weighted by atomic mass is 19.4. The molecular formula is C26H29F3N4O. The summed E-state index contributed by atoms with van der Waals surface area (Å²) in [5.41, 5.74) is 0.164. The van der Waals surface area contributed by atoms with E-state index < -0.39 is 17.8 Å². The van der Waals surface area contributed by atoms with Crippen molar-refractivity contribution in [3.8, 4) is 5.75 Å². The Kier molecular flexibility index (Phi) is 5.88. The zero-order chi connectivity index (χ0) is 24.0. The number of fused-ring (bicyclic) bond motifs is 3. The van der Waals surface area contributed by atoms with Crippen molar-refractivity contribution in [3.63, 3.8) is 0 Å². The Hall–Kier alpha value is -2.87. The molecule has 5 nitrogen and oxygen atoms in total. The minimum atomic E-state index is -4.39. The van der Waals surface area contributed by atoms with Crippen LogP contribution in [0.2, 0.25) is 0 Å². The fourth-order valence-corrected chi connectivity index (χ4v) is 5.60. The van der Waals surface area contributed by atoms with Crippen LogP contribution in [0.25, 0.3) is 10.8 Å². The molecule has 0 saturated carbocycles. The Labute approximate surface area is 197 Å². The topological polar surface area (TPSA) is 50.3 Å². The minimum Gasteiger partial charge on any atom is -0.490 e. The van der Waals surface area contributed by atoms with Crippen molar-refractivity contribution in [2.45, 2.75) is 69.9 Å². The largest absolute Gasteiger partial charge is 0.490 e. The van der Waals surface area contributed by atoms with E-state index in [1.807, 2.05) is 25.1 Å². The fraction of sp³-hybridized carbons (Fsp3) is 0.462. The van der Waals surface area contributed by atoms with Gasteiger partial charge in [-0.1, -0.05) is 12.1 Å². The van der Waals surface area contributed by atoms with Gasteiger partial charge in [-0.3, -0.25) is 0 Å². The number of hydrogen-bond acceptors (Lipinski definition) is 5. The van der Waals surface area contributed by atoms with Crippen molar-refractivity contribution in [2.24, 2.45) is 0 Å². The molecule has 1 aromatic heterocycles. The first kappa shape index (κ1) is 22.9. The zero-order valence-corrected chi connectivity index (χ0v) is 19.6. The van der Waals surface area contributed by atoms with Crippen LogP contribution in [0.15, 0.2) is 42.6 Å². The van der Waals surface area contributed by atoms with Crippen LogP contribution < -0.4 is 10.1 Å². The smallest absolute Gasteiger partial charge is 0.416 e. The van der Waals surface area contributed by atoms with Crippen LogP contribution in [0.1, 0.15) is 55.3 Å². The number of rotatable bonds is 5. The Morgan fingerprint density at radius 1 is 1.12 bits per heavy atom. The number of nitrogens with one attached hydrogen (secondary N) is 1. The molecule has 8 heteroatoms. The Morgan fingerprint density at radius 3 is 2.56 bits per heavy atom. The minimum absolute atomic E-state index is 0.184. The quantitative estimate of drug-likeness (QED) is 0.486. The van der Waals surface area contributed by atoms with Gasteiger partial charge in [0.05, 0.1) is 17.8 Å². The van der Waals surface area contributed by atoms with E-state index in [0.29, 0.717) is 23.5 Å². The molecule has 2 saturated heterocycles. The molecule has 3 aromatic rings. The lowest BCUT2D eigenvalue weighted by Gasteiger charge is -2.36. The molecule has 0 spiro atoms. The van der Waals surface area contributed by atoms with E-state index in [9.17, 15) is 13.2 Å². The summed E-state index contributed by atoms with van der Waals surface area (Å²) in [5.74, 6) is 1.30. The highest BCUT2D eigenvalue weighted by Crippen LogP contribution is 2.38. The number of nitrogens with zero attached hydrogens (tertiary/aromatic N) is 3. The second-order valence-corrected chi connectivity index (χ2v) is 9.59. The van der Waals surface area contributed by atoms with E-state index in [1.165, 1.54) is 25.8 Å². The van der Waals surface area contributed by atoms with Gasteiger partial charge in [-0.05, 0) is 82.0 Å². The number of aromatic nitrogens is 2. The molecule has 2 bridgehead atoms. The molecule has 0 amide bonds. The highest BCUT2D eigenvalue weighted by Gasteiger charge is 2.39. The van der Waals surface area contributed by atoms with Crippen molar-refractivity contribution in [1.82, 2.24) is 15.1 Å². The Balaban J connectivity index is 1.39. The predicted octanol–water partition coefficient (Wildman–Crippen LogP) is 6.13. The summed E-state index contributed by atoms with van der Waals surface area (Å²) < 4.78 is 46.5. The van der Waals surface area contributed by atoms with E-state index in [4.69, 9.17) is 4.74 Å². The van der Waals surface area contributed by atoms with Crippen molar-refractivity contribution in [1.29, 1.82) is 0 Å². The van der Waals surface area contributed by atoms with Gasteiger partial charge in [0.25, 0.3) is 0 Å². The van der Waals surface area contributed by atoms with Crippen molar-refractivity contribution < 1.29 is 17.9 Å². The van der Waals surface area contributed by atoms with Gasteiger partial charge < -0.3 is 15.0 Å². The van der Waals surface area contributed by atoms with Crippen LogP contribution in [0.3, 0.4) is 0 Å². The summed E-state index contributed by atoms with van der Waals surface area (Å²) in [4.78, 5) is 2.48. The van der Waals surface area contributed by atoms with Gasteiger partial charge in [-0.2, -0.15) is 18.3 Å². The number of anilines is 1. The molecule has 3 heterocycles. The first-order chi connectivity index (χ1) is 16.2. The SMILES string of the molecule is Cc1c(C(C)Nc2nncc3ccc(OC4CC5CCC(C4)N5C)cc23)cccc1C(F)(F)F. The maximum absolute atomic E-state index is 13.4. The average Bonchev–Trinajstić information content (AvgIpc) is 2.99. The van der Waals surface area contributed by atoms with E-state index in [0.717, 1.165) is 35.4 Å². The van der Waals surface area contributed by atoms with Crippen molar-refractivity contribution in [3.05, 3.63) is 59.3 Å². The molecule has 1 N–H and O–H groups in total. The third-order valence-electron chi connectivity index (χ3n) is 7.49. The maximum atomic E-state index is 13.4. The van der Waals surface area contributed by atoms with Crippen LogP contribution in [0, 0.1) is 6.92 Å². The lowest BCUT2D eigenvalue weighted by molar-refractivity contribution is -0.138. The number of ether oxygens (including phenoxy) is 1. The number of piperidine rings is 1. The molecular weight excluding hydrogens is 441 g/mol. The molecule has 34 heavy (non-hydrogen) atoms. The fourth-order valence-electron chi connectivity index (χ4n) is 5.60. The zero-order valence-electron chi connectivity index (χ0n) is 19.6. The van der Waals surface area contributed by atoms with Crippen LogP contribution in [0.4, 0.5) is 19.0 Å². The van der Waals surface area contributed by atoms with Crippen LogP contribution >= 0.6 is 0 Å². The van der Waals surface area contributed by atoms with Gasteiger partial charge in [0.2, 0.25) is 0 Å². The molecule has 3 unspecified atom stereocenters. The molecule has 0 aliphatic carbocycles. The van der Waals surface area contributed by atoms with Gasteiger partial charge in [0.15, 0.2) is 5.82 Å². The third kappa shape index (κ3) is 4.31. The molecule has 2 aromatic carbocycles. The third-order valence-corrected chi connectivity index (χ3v) is 7.49. The first-order valence-electron chi connectivity index (χ1n) is 11.8.